The molecule has 0 N–H and O–H groups in total. The molecule has 5 nitrogen and oxygen atoms in total. The van der Waals surface area contributed by atoms with E-state index in [-0.39, 0.29) is 35.5 Å². The molecule has 6 atom stereocenters. The molecule has 0 radical (unpaired) electrons. The van der Waals surface area contributed by atoms with Crippen LogP contribution in [0.4, 0.5) is 0 Å². The summed E-state index contributed by atoms with van der Waals surface area (Å²) in [6.07, 6.45) is 7.10. The number of benzene rings is 3. The van der Waals surface area contributed by atoms with E-state index in [1.165, 1.54) is 10.8 Å². The number of rotatable bonds is 5. The van der Waals surface area contributed by atoms with E-state index in [4.69, 9.17) is 4.74 Å². The van der Waals surface area contributed by atoms with Crippen LogP contribution in [0.15, 0.2) is 84.0 Å². The Morgan fingerprint density at radius 1 is 0.882 bits per heavy atom. The van der Waals surface area contributed by atoms with Crippen LogP contribution in [0, 0.1) is 35.5 Å². The van der Waals surface area contributed by atoms with Gasteiger partial charge in [0.1, 0.15) is 12.4 Å². The third kappa shape index (κ3) is 2.96. The van der Waals surface area contributed by atoms with E-state index < -0.39 is 0 Å². The van der Waals surface area contributed by atoms with E-state index in [1.807, 2.05) is 42.5 Å². The molecule has 1 aliphatic heterocycles. The van der Waals surface area contributed by atoms with Gasteiger partial charge in [0.15, 0.2) is 0 Å². The van der Waals surface area contributed by atoms with E-state index in [2.05, 4.69) is 41.5 Å². The fourth-order valence-corrected chi connectivity index (χ4v) is 6.44. The van der Waals surface area contributed by atoms with Gasteiger partial charge < -0.3 is 4.74 Å². The van der Waals surface area contributed by atoms with Crippen molar-refractivity contribution < 1.29 is 14.3 Å². The second-order valence-corrected chi connectivity index (χ2v) is 9.89. The highest BCUT2D eigenvalue weighted by Gasteiger charge is 2.67. The largest absolute Gasteiger partial charge is 0.489 e. The van der Waals surface area contributed by atoms with Crippen molar-refractivity contribution in [2.75, 3.05) is 0 Å². The molecule has 0 spiro atoms. The zero-order chi connectivity index (χ0) is 22.8. The Bertz CT molecular complexity index is 1350. The van der Waals surface area contributed by atoms with Gasteiger partial charge in [0, 0.05) is 0 Å². The SMILES string of the molecule is O=C1[C@@H]2[C@H]3C=C[C@@H]([C@@H]4C[C@H]34)[C@H]2C(=O)N1/N=C\c1cccc(OCc2cccc3ccccc23)c1. The summed E-state index contributed by atoms with van der Waals surface area (Å²) in [6, 6.07) is 22.0. The fraction of sp³-hybridized carbons (Fsp3) is 0.276. The third-order valence-electron chi connectivity index (χ3n) is 8.09. The molecule has 3 fully saturated rings. The number of ether oxygens (including phenoxy) is 1. The number of amides is 2. The van der Waals surface area contributed by atoms with Gasteiger partial charge in [0.05, 0.1) is 18.1 Å². The summed E-state index contributed by atoms with van der Waals surface area (Å²) in [4.78, 5) is 26.2. The number of hydrazone groups is 1. The summed E-state index contributed by atoms with van der Waals surface area (Å²) in [7, 11) is 0. The first-order valence-corrected chi connectivity index (χ1v) is 12.0. The molecular weight excluding hydrogens is 424 g/mol. The molecule has 5 aliphatic rings. The quantitative estimate of drug-likeness (QED) is 0.320. The molecule has 168 valence electrons. The number of hydrogen-bond acceptors (Lipinski definition) is 4. The van der Waals surface area contributed by atoms with Gasteiger partial charge in [-0.1, -0.05) is 66.7 Å². The van der Waals surface area contributed by atoms with Crippen molar-refractivity contribution in [3.05, 3.63) is 90.0 Å². The number of imide groups is 1. The second kappa shape index (κ2) is 7.39. The van der Waals surface area contributed by atoms with Crippen LogP contribution >= 0.6 is 0 Å². The second-order valence-electron chi connectivity index (χ2n) is 9.89. The molecule has 3 aromatic rings. The highest BCUT2D eigenvalue weighted by molar-refractivity contribution is 6.06. The van der Waals surface area contributed by atoms with Crippen molar-refractivity contribution in [2.24, 2.45) is 40.6 Å². The van der Waals surface area contributed by atoms with Crippen molar-refractivity contribution in [1.29, 1.82) is 0 Å². The fourth-order valence-electron chi connectivity index (χ4n) is 6.44. The van der Waals surface area contributed by atoms with E-state index in [0.717, 1.165) is 22.6 Å². The molecule has 34 heavy (non-hydrogen) atoms. The standard InChI is InChI=1S/C29H24N2O3/c32-28-26-22-11-12-23(25-14-24(22)25)27(26)29(33)31(28)30-15-17-5-3-9-20(13-17)34-16-19-8-4-7-18-6-1-2-10-21(18)19/h1-13,15,22-27H,14,16H2/b30-15-/t22-,23-,24-,25+,26+,27+/m0/s1. The first kappa shape index (κ1) is 19.7. The summed E-state index contributed by atoms with van der Waals surface area (Å²) < 4.78 is 6.07. The van der Waals surface area contributed by atoms with Crippen LogP contribution in [-0.4, -0.2) is 23.0 Å². The Kier molecular flexibility index (Phi) is 4.28. The van der Waals surface area contributed by atoms with Crippen LogP contribution in [0.25, 0.3) is 10.8 Å². The lowest BCUT2D eigenvalue weighted by Crippen LogP contribution is -2.40. The molecule has 0 unspecified atom stereocenters. The summed E-state index contributed by atoms with van der Waals surface area (Å²) in [5.41, 5.74) is 1.91. The Morgan fingerprint density at radius 2 is 1.59 bits per heavy atom. The molecular formula is C29H24N2O3. The first-order valence-electron chi connectivity index (χ1n) is 12.0. The van der Waals surface area contributed by atoms with Gasteiger partial charge in [-0.3, -0.25) is 9.59 Å². The van der Waals surface area contributed by atoms with Gasteiger partial charge in [-0.2, -0.15) is 10.1 Å². The zero-order valence-corrected chi connectivity index (χ0v) is 18.6. The van der Waals surface area contributed by atoms with Gasteiger partial charge in [0.25, 0.3) is 11.8 Å². The maximum Gasteiger partial charge on any atom is 0.254 e. The molecule has 8 rings (SSSR count). The van der Waals surface area contributed by atoms with Gasteiger partial charge in [-0.25, -0.2) is 0 Å². The van der Waals surface area contributed by atoms with Crippen LogP contribution in [0.2, 0.25) is 0 Å². The molecule has 0 aromatic heterocycles. The van der Waals surface area contributed by atoms with E-state index in [1.54, 1.807) is 6.21 Å². The van der Waals surface area contributed by atoms with Gasteiger partial charge in [-0.15, -0.1) is 0 Å². The van der Waals surface area contributed by atoms with Gasteiger partial charge >= 0.3 is 0 Å². The Balaban J connectivity index is 1.08. The van der Waals surface area contributed by atoms with Crippen molar-refractivity contribution in [1.82, 2.24) is 5.01 Å². The summed E-state index contributed by atoms with van der Waals surface area (Å²) >= 11 is 0. The van der Waals surface area contributed by atoms with Crippen molar-refractivity contribution in [2.45, 2.75) is 13.0 Å². The van der Waals surface area contributed by atoms with Crippen molar-refractivity contribution in [3.63, 3.8) is 0 Å². The highest BCUT2D eigenvalue weighted by Crippen LogP contribution is 2.65. The minimum Gasteiger partial charge on any atom is -0.489 e. The van der Waals surface area contributed by atoms with Crippen LogP contribution in [0.3, 0.4) is 0 Å². The van der Waals surface area contributed by atoms with E-state index in [9.17, 15) is 9.59 Å². The third-order valence-corrected chi connectivity index (χ3v) is 8.09. The van der Waals surface area contributed by atoms with E-state index in [0.29, 0.717) is 24.2 Å². The molecule has 2 bridgehead atoms. The first-order chi connectivity index (χ1) is 16.7. The van der Waals surface area contributed by atoms with Crippen LogP contribution in [0.5, 0.6) is 5.75 Å². The molecule has 4 aliphatic carbocycles. The van der Waals surface area contributed by atoms with Crippen LogP contribution in [-0.2, 0) is 16.2 Å². The highest BCUT2D eigenvalue weighted by atomic mass is 16.5. The van der Waals surface area contributed by atoms with Crippen molar-refractivity contribution in [3.8, 4) is 5.75 Å². The number of allylic oxidation sites excluding steroid dienone is 2. The smallest absolute Gasteiger partial charge is 0.254 e. The summed E-state index contributed by atoms with van der Waals surface area (Å²) in [5.74, 6) is 1.59. The van der Waals surface area contributed by atoms with Gasteiger partial charge in [0.2, 0.25) is 0 Å². The number of carbonyl (C=O) groups excluding carboxylic acids is 2. The van der Waals surface area contributed by atoms with Crippen LogP contribution in [0.1, 0.15) is 17.5 Å². The molecule has 2 saturated carbocycles. The zero-order valence-electron chi connectivity index (χ0n) is 18.6. The molecule has 1 heterocycles. The number of carbonyl (C=O) groups is 2. The molecule has 5 heteroatoms. The molecule has 3 aromatic carbocycles. The van der Waals surface area contributed by atoms with Crippen molar-refractivity contribution >= 4 is 28.8 Å². The minimum atomic E-state index is -0.223. The molecule has 1 saturated heterocycles. The minimum absolute atomic E-state index is 0.140. The normalized spacial score (nSPS) is 30.8. The maximum atomic E-state index is 13.1. The number of fused-ring (bicyclic) bond motifs is 1. The predicted octanol–water partition coefficient (Wildman–Crippen LogP) is 4.81. The topological polar surface area (TPSA) is 59.0 Å². The Hall–Kier alpha value is -3.73. The lowest BCUT2D eigenvalue weighted by Gasteiger charge is -2.37. The average Bonchev–Trinajstić information content (AvgIpc) is 3.66. The summed E-state index contributed by atoms with van der Waals surface area (Å²) in [6.45, 7) is 0.451. The molecule has 2 amide bonds. The predicted molar refractivity (Wildman–Crippen MR) is 129 cm³/mol. The Labute approximate surface area is 197 Å². The van der Waals surface area contributed by atoms with E-state index >= 15 is 0 Å². The Morgan fingerprint density at radius 3 is 2.38 bits per heavy atom. The average molecular weight is 449 g/mol. The summed E-state index contributed by atoms with van der Waals surface area (Å²) in [5, 5.41) is 7.83. The maximum absolute atomic E-state index is 13.1. The lowest BCUT2D eigenvalue weighted by molar-refractivity contribution is -0.140. The van der Waals surface area contributed by atoms with Gasteiger partial charge in [-0.05, 0) is 64.1 Å². The number of nitrogens with zero attached hydrogens (tertiary/aromatic N) is 2. The lowest BCUT2D eigenvalue weighted by atomic mass is 9.63. The van der Waals surface area contributed by atoms with Crippen LogP contribution < -0.4 is 4.74 Å². The monoisotopic (exact) mass is 448 g/mol. The number of hydrogen-bond donors (Lipinski definition) is 0.